The van der Waals surface area contributed by atoms with Gasteiger partial charge >= 0.3 is 0 Å². The first-order chi connectivity index (χ1) is 13.6. The molecule has 150 valence electrons. The number of nitrogens with zero attached hydrogens (tertiary/aromatic N) is 1. The van der Waals surface area contributed by atoms with Gasteiger partial charge in [-0.3, -0.25) is 9.69 Å². The quantitative estimate of drug-likeness (QED) is 0.800. The van der Waals surface area contributed by atoms with E-state index in [1.807, 2.05) is 0 Å². The van der Waals surface area contributed by atoms with Gasteiger partial charge in [0.2, 0.25) is 5.78 Å². The number of aryl methyl sites for hydroxylation is 1. The Labute approximate surface area is 166 Å². The highest BCUT2D eigenvalue weighted by atomic mass is 16.5. The Morgan fingerprint density at radius 3 is 2.86 bits per heavy atom. The number of methoxy groups -OCH3 is 2. The molecule has 28 heavy (non-hydrogen) atoms. The summed E-state index contributed by atoms with van der Waals surface area (Å²) < 4.78 is 17.8. The minimum atomic E-state index is -0.425. The lowest BCUT2D eigenvalue weighted by Gasteiger charge is -2.58. The average Bonchev–Trinajstić information content (AvgIpc) is 3.44. The molecule has 1 saturated heterocycles. The highest BCUT2D eigenvalue weighted by molar-refractivity contribution is 5.93. The molecule has 0 radical (unpaired) electrons. The van der Waals surface area contributed by atoms with Crippen molar-refractivity contribution in [2.45, 2.75) is 62.7 Å². The van der Waals surface area contributed by atoms with Gasteiger partial charge in [0, 0.05) is 30.7 Å². The maximum absolute atomic E-state index is 13.3. The maximum Gasteiger partial charge on any atom is 0.202 e. The predicted molar refractivity (Wildman–Crippen MR) is 104 cm³/mol. The van der Waals surface area contributed by atoms with Crippen LogP contribution in [0.4, 0.5) is 0 Å². The van der Waals surface area contributed by atoms with Crippen molar-refractivity contribution in [3.63, 3.8) is 0 Å². The number of hydrogen-bond acceptors (Lipinski definition) is 5. The van der Waals surface area contributed by atoms with Crippen molar-refractivity contribution >= 4 is 5.78 Å². The summed E-state index contributed by atoms with van der Waals surface area (Å²) in [6.07, 6.45) is 4.84. The van der Waals surface area contributed by atoms with Gasteiger partial charge in [0.25, 0.3) is 0 Å². The second-order valence-corrected chi connectivity index (χ2v) is 9.55. The average molecular weight is 383 g/mol. The molecule has 1 spiro atoms. The molecule has 2 heterocycles. The fraction of sp³-hybridized carbons (Fsp3) is 0.696. The van der Waals surface area contributed by atoms with Gasteiger partial charge < -0.3 is 14.2 Å². The molecule has 1 aromatic carbocycles. The summed E-state index contributed by atoms with van der Waals surface area (Å²) in [5, 5.41) is 0. The van der Waals surface area contributed by atoms with Crippen molar-refractivity contribution in [1.29, 1.82) is 0 Å². The van der Waals surface area contributed by atoms with Gasteiger partial charge in [-0.2, -0.15) is 0 Å². The zero-order valence-corrected chi connectivity index (χ0v) is 17.0. The Kier molecular flexibility index (Phi) is 3.54. The largest absolute Gasteiger partial charge is 0.493 e. The second kappa shape index (κ2) is 5.73. The highest BCUT2D eigenvalue weighted by Gasteiger charge is 2.68. The standard InChI is InChI=1S/C23H29NO4/c1-12-8-18(27-3)21-19-14(12)9-16-15-10-17(26-2)20(25)22(28-21)23(15,19)6-7-24(16)11-13-4-5-13/h8,13,15-17,22H,4-7,9-11H2,1-3H3/t15?,16?,17?,22-,23-/m1/s1. The van der Waals surface area contributed by atoms with E-state index in [1.54, 1.807) is 14.2 Å². The number of Topliss-reactive ketones (excluding diaryl/α,β-unsaturated/α-hetero) is 1. The number of carbonyl (C=O) groups excluding carboxylic acids is 1. The molecule has 5 atom stereocenters. The Hall–Kier alpha value is -1.59. The Morgan fingerprint density at radius 2 is 2.14 bits per heavy atom. The normalized spacial score (nSPS) is 38.2. The van der Waals surface area contributed by atoms with Crippen LogP contribution in [0.15, 0.2) is 6.07 Å². The van der Waals surface area contributed by atoms with Crippen molar-refractivity contribution in [3.8, 4) is 11.5 Å². The van der Waals surface area contributed by atoms with Gasteiger partial charge in [0.15, 0.2) is 17.6 Å². The van der Waals surface area contributed by atoms with E-state index < -0.39 is 6.10 Å². The molecular weight excluding hydrogens is 354 g/mol. The molecule has 5 nitrogen and oxygen atoms in total. The van der Waals surface area contributed by atoms with E-state index in [1.165, 1.54) is 36.1 Å². The van der Waals surface area contributed by atoms with E-state index in [-0.39, 0.29) is 17.3 Å². The number of ether oxygens (including phenoxy) is 3. The minimum Gasteiger partial charge on any atom is -0.493 e. The molecule has 2 aliphatic heterocycles. The van der Waals surface area contributed by atoms with Crippen LogP contribution in [0.25, 0.3) is 0 Å². The van der Waals surface area contributed by atoms with Gasteiger partial charge in [0.05, 0.1) is 7.11 Å². The van der Waals surface area contributed by atoms with Crippen LogP contribution in [0.1, 0.15) is 42.4 Å². The monoisotopic (exact) mass is 383 g/mol. The zero-order chi connectivity index (χ0) is 19.2. The molecule has 3 aliphatic carbocycles. The van der Waals surface area contributed by atoms with Crippen LogP contribution in [0.3, 0.4) is 0 Å². The molecule has 0 aromatic heterocycles. The molecule has 5 aliphatic rings. The number of benzene rings is 1. The number of hydrogen-bond donors (Lipinski definition) is 0. The maximum atomic E-state index is 13.3. The predicted octanol–water partition coefficient (Wildman–Crippen LogP) is 2.65. The molecule has 2 bridgehead atoms. The smallest absolute Gasteiger partial charge is 0.202 e. The van der Waals surface area contributed by atoms with Crippen molar-refractivity contribution < 1.29 is 19.0 Å². The van der Waals surface area contributed by atoms with Crippen LogP contribution < -0.4 is 9.47 Å². The van der Waals surface area contributed by atoms with Crippen LogP contribution in [0, 0.1) is 18.8 Å². The first-order valence-corrected chi connectivity index (χ1v) is 10.8. The topological polar surface area (TPSA) is 48.0 Å². The number of piperidine rings is 1. The van der Waals surface area contributed by atoms with Gasteiger partial charge in [-0.25, -0.2) is 0 Å². The fourth-order valence-electron chi connectivity index (χ4n) is 6.84. The summed E-state index contributed by atoms with van der Waals surface area (Å²) in [6, 6.07) is 2.58. The molecule has 3 fully saturated rings. The molecule has 0 N–H and O–H groups in total. The first-order valence-electron chi connectivity index (χ1n) is 10.8. The van der Waals surface area contributed by atoms with Gasteiger partial charge in [-0.05, 0) is 74.6 Å². The van der Waals surface area contributed by atoms with Gasteiger partial charge in [-0.1, -0.05) is 0 Å². The third-order valence-corrected chi connectivity index (χ3v) is 8.30. The Bertz CT molecular complexity index is 863. The molecule has 1 aromatic rings. The SMILES string of the molecule is COc1cc(C)c2c3c1O[C@@H]1C(=O)C(OC)CC4C(C2)N(CC2CC2)CC[C@]341. The van der Waals surface area contributed by atoms with Crippen LogP contribution in [-0.2, 0) is 21.4 Å². The molecule has 3 unspecified atom stereocenters. The molecule has 6 rings (SSSR count). The first kappa shape index (κ1) is 17.3. The minimum absolute atomic E-state index is 0.122. The van der Waals surface area contributed by atoms with E-state index in [2.05, 4.69) is 17.9 Å². The lowest BCUT2D eigenvalue weighted by atomic mass is 9.51. The molecule has 0 amide bonds. The fourth-order valence-corrected chi connectivity index (χ4v) is 6.84. The van der Waals surface area contributed by atoms with E-state index in [0.29, 0.717) is 12.0 Å². The zero-order valence-electron chi connectivity index (χ0n) is 17.0. The van der Waals surface area contributed by atoms with E-state index in [0.717, 1.165) is 43.2 Å². The summed E-state index contributed by atoms with van der Waals surface area (Å²) in [5.74, 6) is 3.02. The summed E-state index contributed by atoms with van der Waals surface area (Å²) in [7, 11) is 3.36. The third kappa shape index (κ3) is 2.02. The van der Waals surface area contributed by atoms with Gasteiger partial charge in [0.1, 0.15) is 6.10 Å². The number of carbonyl (C=O) groups is 1. The molecular formula is C23H29NO4. The summed E-state index contributed by atoms with van der Waals surface area (Å²) in [4.78, 5) is 16.1. The van der Waals surface area contributed by atoms with E-state index in [9.17, 15) is 4.79 Å². The summed E-state index contributed by atoms with van der Waals surface area (Å²) >= 11 is 0. The third-order valence-electron chi connectivity index (χ3n) is 8.30. The number of rotatable bonds is 4. The van der Waals surface area contributed by atoms with Gasteiger partial charge in [-0.15, -0.1) is 0 Å². The lowest BCUT2D eigenvalue weighted by molar-refractivity contribution is -0.155. The summed E-state index contributed by atoms with van der Waals surface area (Å²) in [5.41, 5.74) is 3.78. The van der Waals surface area contributed by atoms with Crippen LogP contribution in [-0.4, -0.2) is 56.2 Å². The molecule has 5 heteroatoms. The Morgan fingerprint density at radius 1 is 1.32 bits per heavy atom. The van der Waals surface area contributed by atoms with Crippen LogP contribution in [0.2, 0.25) is 0 Å². The van der Waals surface area contributed by atoms with Crippen molar-refractivity contribution in [2.24, 2.45) is 11.8 Å². The number of likely N-dealkylation sites (tertiary alicyclic amines) is 1. The van der Waals surface area contributed by atoms with Crippen molar-refractivity contribution in [1.82, 2.24) is 4.90 Å². The second-order valence-electron chi connectivity index (χ2n) is 9.55. The van der Waals surface area contributed by atoms with E-state index in [4.69, 9.17) is 14.2 Å². The number of ketones is 1. The lowest BCUT2D eigenvalue weighted by Crippen LogP contribution is -2.68. The van der Waals surface area contributed by atoms with Crippen molar-refractivity contribution in [2.75, 3.05) is 27.3 Å². The van der Waals surface area contributed by atoms with Crippen molar-refractivity contribution in [3.05, 3.63) is 22.8 Å². The van der Waals surface area contributed by atoms with Crippen LogP contribution >= 0.6 is 0 Å². The molecule has 2 saturated carbocycles. The van der Waals surface area contributed by atoms with E-state index >= 15 is 0 Å². The summed E-state index contributed by atoms with van der Waals surface area (Å²) in [6.45, 7) is 4.47. The highest BCUT2D eigenvalue weighted by Crippen LogP contribution is 2.64. The Balaban J connectivity index is 1.55. The van der Waals surface area contributed by atoms with Crippen LogP contribution in [0.5, 0.6) is 11.5 Å².